The number of carboxylic acids is 1. The summed E-state index contributed by atoms with van der Waals surface area (Å²) in [5, 5.41) is 9.50. The molecule has 7 heteroatoms. The third kappa shape index (κ3) is 2.64. The zero-order chi connectivity index (χ0) is 20.0. The third-order valence-corrected chi connectivity index (χ3v) is 4.52. The summed E-state index contributed by atoms with van der Waals surface area (Å²) in [5.74, 6) is -4.71. The van der Waals surface area contributed by atoms with Crippen LogP contribution in [-0.4, -0.2) is 22.9 Å². The fourth-order valence-corrected chi connectivity index (χ4v) is 3.16. The fourth-order valence-electron chi connectivity index (χ4n) is 3.16. The van der Waals surface area contributed by atoms with E-state index in [0.29, 0.717) is 5.56 Å². The molecule has 0 bridgehead atoms. The molecule has 5 nitrogen and oxygen atoms in total. The van der Waals surface area contributed by atoms with Gasteiger partial charge in [0.1, 0.15) is 0 Å². The van der Waals surface area contributed by atoms with Crippen molar-refractivity contribution in [3.8, 4) is 11.1 Å². The van der Waals surface area contributed by atoms with E-state index < -0.39 is 29.4 Å². The summed E-state index contributed by atoms with van der Waals surface area (Å²) in [6, 6.07) is 13.3. The molecule has 1 heterocycles. The largest absolute Gasteiger partial charge is 0.478 e. The Morgan fingerprint density at radius 3 is 1.93 bits per heavy atom. The Labute approximate surface area is 157 Å². The first-order chi connectivity index (χ1) is 13.4. The smallest absolute Gasteiger partial charge is 0.337 e. The van der Waals surface area contributed by atoms with Gasteiger partial charge in [0.2, 0.25) is 0 Å². The lowest BCUT2D eigenvalue weighted by Crippen LogP contribution is -2.31. The zero-order valence-corrected chi connectivity index (χ0v) is 14.1. The van der Waals surface area contributed by atoms with Crippen molar-refractivity contribution < 1.29 is 28.3 Å². The molecule has 28 heavy (non-hydrogen) atoms. The lowest BCUT2D eigenvalue weighted by Gasteiger charge is -2.18. The predicted molar refractivity (Wildman–Crippen MR) is 96.3 cm³/mol. The maximum absolute atomic E-state index is 13.6. The maximum atomic E-state index is 13.6. The molecule has 0 saturated heterocycles. The number of hydrogen-bond acceptors (Lipinski definition) is 3. The molecule has 4 rings (SSSR count). The molecule has 0 aliphatic carbocycles. The Hall–Kier alpha value is -3.87. The molecule has 0 radical (unpaired) electrons. The van der Waals surface area contributed by atoms with Crippen molar-refractivity contribution >= 4 is 23.5 Å². The topological polar surface area (TPSA) is 74.7 Å². The SMILES string of the molecule is O=C(O)c1ccc(-c2ccc(F)c(F)c2)cc1N1C(=O)c2ccccc2C1=O. The average Bonchev–Trinajstić information content (AvgIpc) is 2.94. The minimum Gasteiger partial charge on any atom is -0.478 e. The van der Waals surface area contributed by atoms with Crippen LogP contribution in [0.4, 0.5) is 14.5 Å². The third-order valence-electron chi connectivity index (χ3n) is 4.52. The Bertz CT molecular complexity index is 1140. The van der Waals surface area contributed by atoms with Gasteiger partial charge in [-0.15, -0.1) is 0 Å². The van der Waals surface area contributed by atoms with Crippen LogP contribution >= 0.6 is 0 Å². The Kier molecular flexibility index (Phi) is 4.00. The van der Waals surface area contributed by atoms with Crippen molar-refractivity contribution in [1.29, 1.82) is 0 Å². The van der Waals surface area contributed by atoms with Gasteiger partial charge in [-0.25, -0.2) is 18.5 Å². The van der Waals surface area contributed by atoms with E-state index in [1.165, 1.54) is 36.4 Å². The summed E-state index contributed by atoms with van der Waals surface area (Å²) in [6.07, 6.45) is 0. The van der Waals surface area contributed by atoms with Crippen LogP contribution in [0.3, 0.4) is 0 Å². The van der Waals surface area contributed by atoms with Gasteiger partial charge in [-0.3, -0.25) is 9.59 Å². The number of imide groups is 1. The van der Waals surface area contributed by atoms with Crippen molar-refractivity contribution in [2.24, 2.45) is 0 Å². The van der Waals surface area contributed by atoms with E-state index in [2.05, 4.69) is 0 Å². The van der Waals surface area contributed by atoms with Gasteiger partial charge in [-0.2, -0.15) is 0 Å². The first kappa shape index (κ1) is 17.5. The molecule has 0 aromatic heterocycles. The number of carboxylic acid groups (broad SMARTS) is 1. The van der Waals surface area contributed by atoms with Gasteiger partial charge in [0.25, 0.3) is 11.8 Å². The van der Waals surface area contributed by atoms with E-state index in [1.54, 1.807) is 12.1 Å². The van der Waals surface area contributed by atoms with Crippen LogP contribution in [0.5, 0.6) is 0 Å². The van der Waals surface area contributed by atoms with Gasteiger partial charge in [-0.05, 0) is 47.5 Å². The predicted octanol–water partition coefficient (Wildman–Crippen LogP) is 4.13. The van der Waals surface area contributed by atoms with Gasteiger partial charge < -0.3 is 5.11 Å². The number of fused-ring (bicyclic) bond motifs is 1. The maximum Gasteiger partial charge on any atom is 0.337 e. The second-order valence-corrected chi connectivity index (χ2v) is 6.16. The number of rotatable bonds is 3. The molecule has 1 aliphatic heterocycles. The lowest BCUT2D eigenvalue weighted by molar-refractivity contribution is 0.0698. The number of anilines is 1. The van der Waals surface area contributed by atoms with Crippen LogP contribution in [-0.2, 0) is 0 Å². The number of carbonyl (C=O) groups excluding carboxylic acids is 2. The number of amides is 2. The summed E-state index contributed by atoms with van der Waals surface area (Å²) < 4.78 is 26.8. The highest BCUT2D eigenvalue weighted by Gasteiger charge is 2.38. The van der Waals surface area contributed by atoms with Crippen LogP contribution in [0.1, 0.15) is 31.1 Å². The van der Waals surface area contributed by atoms with Crippen molar-refractivity contribution in [2.45, 2.75) is 0 Å². The number of aromatic carboxylic acids is 1. The number of benzene rings is 3. The van der Waals surface area contributed by atoms with Crippen molar-refractivity contribution in [3.05, 3.63) is 89.0 Å². The number of carbonyl (C=O) groups is 3. The molecule has 0 spiro atoms. The average molecular weight is 379 g/mol. The van der Waals surface area contributed by atoms with Crippen LogP contribution < -0.4 is 4.90 Å². The summed E-state index contributed by atoms with van der Waals surface area (Å²) in [5.41, 5.74) is 0.537. The number of hydrogen-bond donors (Lipinski definition) is 1. The second kappa shape index (κ2) is 6.38. The van der Waals surface area contributed by atoms with Crippen LogP contribution in [0, 0.1) is 11.6 Å². The minimum absolute atomic E-state index is 0.138. The molecule has 1 aliphatic rings. The van der Waals surface area contributed by atoms with Crippen LogP contribution in [0.25, 0.3) is 11.1 Å². The van der Waals surface area contributed by atoms with E-state index in [1.807, 2.05) is 0 Å². The molecular formula is C21H11F2NO4. The molecule has 0 saturated carbocycles. The number of nitrogens with zero attached hydrogens (tertiary/aromatic N) is 1. The Morgan fingerprint density at radius 1 is 0.786 bits per heavy atom. The van der Waals surface area contributed by atoms with E-state index in [9.17, 15) is 28.3 Å². The molecular weight excluding hydrogens is 368 g/mol. The van der Waals surface area contributed by atoms with E-state index in [-0.39, 0.29) is 27.9 Å². The summed E-state index contributed by atoms with van der Waals surface area (Å²) >= 11 is 0. The number of halogens is 2. The quantitative estimate of drug-likeness (QED) is 0.695. The van der Waals surface area contributed by atoms with Crippen molar-refractivity contribution in [2.75, 3.05) is 4.90 Å². The van der Waals surface area contributed by atoms with Gasteiger partial charge in [0, 0.05) is 0 Å². The summed E-state index contributed by atoms with van der Waals surface area (Å²) in [4.78, 5) is 37.9. The highest BCUT2D eigenvalue weighted by atomic mass is 19.2. The summed E-state index contributed by atoms with van der Waals surface area (Å²) in [7, 11) is 0. The van der Waals surface area contributed by atoms with Gasteiger partial charge >= 0.3 is 5.97 Å². The van der Waals surface area contributed by atoms with Crippen molar-refractivity contribution in [1.82, 2.24) is 0 Å². The molecule has 3 aromatic rings. The first-order valence-corrected chi connectivity index (χ1v) is 8.19. The van der Waals surface area contributed by atoms with E-state index >= 15 is 0 Å². The lowest BCUT2D eigenvalue weighted by atomic mass is 10.0. The molecule has 0 unspecified atom stereocenters. The van der Waals surface area contributed by atoms with Gasteiger partial charge in [-0.1, -0.05) is 24.3 Å². The second-order valence-electron chi connectivity index (χ2n) is 6.16. The molecule has 0 atom stereocenters. The van der Waals surface area contributed by atoms with E-state index in [0.717, 1.165) is 17.0 Å². The van der Waals surface area contributed by atoms with E-state index in [4.69, 9.17) is 0 Å². The molecule has 138 valence electrons. The molecule has 2 amide bonds. The molecule has 3 aromatic carbocycles. The van der Waals surface area contributed by atoms with Crippen LogP contribution in [0.15, 0.2) is 60.7 Å². The highest BCUT2D eigenvalue weighted by Crippen LogP contribution is 2.34. The van der Waals surface area contributed by atoms with Gasteiger partial charge in [0.05, 0.1) is 22.4 Å². The summed E-state index contributed by atoms with van der Waals surface area (Å²) in [6.45, 7) is 0. The van der Waals surface area contributed by atoms with Gasteiger partial charge in [0.15, 0.2) is 11.6 Å². The molecule has 0 fully saturated rings. The molecule has 1 N–H and O–H groups in total. The fraction of sp³-hybridized carbons (Fsp3) is 0. The monoisotopic (exact) mass is 379 g/mol. The minimum atomic E-state index is -1.33. The Morgan fingerprint density at radius 2 is 1.36 bits per heavy atom. The van der Waals surface area contributed by atoms with Crippen molar-refractivity contribution in [3.63, 3.8) is 0 Å². The van der Waals surface area contributed by atoms with Crippen LogP contribution in [0.2, 0.25) is 0 Å². The zero-order valence-electron chi connectivity index (χ0n) is 14.1. The standard InChI is InChI=1S/C21H11F2NO4/c22-16-8-6-11(9-17(16)23)12-5-7-15(21(27)28)18(10-12)24-19(25)13-3-1-2-4-14(13)20(24)26/h1-10H,(H,27,28). The normalized spacial score (nSPS) is 13.0. The highest BCUT2D eigenvalue weighted by molar-refractivity contribution is 6.35. The first-order valence-electron chi connectivity index (χ1n) is 8.19. The Balaban J connectivity index is 1.88.